The molecule has 0 unspecified atom stereocenters. The normalized spacial score (nSPS) is 32.1. The van der Waals surface area contributed by atoms with Gasteiger partial charge in [0.2, 0.25) is 11.8 Å². The van der Waals surface area contributed by atoms with Crippen LogP contribution >= 0.6 is 23.2 Å². The summed E-state index contributed by atoms with van der Waals surface area (Å²) >= 11 is 11.9. The Morgan fingerprint density at radius 1 is 0.903 bits per heavy atom. The molecule has 156 valence electrons. The van der Waals surface area contributed by atoms with Crippen molar-refractivity contribution in [3.05, 3.63) is 70.2 Å². The molecule has 5 aliphatic rings. The molecule has 0 N–H and O–H groups in total. The third-order valence-corrected chi connectivity index (χ3v) is 7.67. The Hall–Kier alpha value is -2.63. The van der Waals surface area contributed by atoms with Crippen LogP contribution in [0.4, 0.5) is 5.69 Å². The number of esters is 1. The summed E-state index contributed by atoms with van der Waals surface area (Å²) < 4.78 is 5.39. The van der Waals surface area contributed by atoms with E-state index in [1.54, 1.807) is 30.3 Å². The smallest absolute Gasteiger partial charge is 0.345 e. The molecule has 3 fully saturated rings. The van der Waals surface area contributed by atoms with Crippen molar-refractivity contribution in [3.63, 3.8) is 0 Å². The average molecular weight is 454 g/mol. The third kappa shape index (κ3) is 2.80. The molecule has 2 saturated carbocycles. The maximum atomic E-state index is 13.2. The SMILES string of the molecule is O=C(Oc1ccc(N2C(=O)[C@H]3[C@@H]4C=C[C@H]([C@H]5C[C@H]45)[C@@H]3C2=O)cc1)c1ccc(Cl)cc1Cl. The van der Waals surface area contributed by atoms with Crippen LogP contribution in [0.25, 0.3) is 0 Å². The Labute approximate surface area is 188 Å². The van der Waals surface area contributed by atoms with Gasteiger partial charge in [-0.3, -0.25) is 14.5 Å². The van der Waals surface area contributed by atoms with Gasteiger partial charge in [0.1, 0.15) is 5.75 Å². The molecule has 4 aliphatic carbocycles. The first-order chi connectivity index (χ1) is 14.9. The molecular formula is C24H17Cl2NO4. The van der Waals surface area contributed by atoms with Crippen LogP contribution in [-0.2, 0) is 9.59 Å². The molecule has 0 radical (unpaired) electrons. The van der Waals surface area contributed by atoms with Crippen LogP contribution in [0.1, 0.15) is 16.8 Å². The fourth-order valence-corrected chi connectivity index (χ4v) is 6.18. The van der Waals surface area contributed by atoms with Crippen LogP contribution in [0.2, 0.25) is 10.0 Å². The fraction of sp³-hybridized carbons (Fsp3) is 0.292. The number of rotatable bonds is 3. The highest BCUT2D eigenvalue weighted by molar-refractivity contribution is 6.36. The van der Waals surface area contributed by atoms with E-state index < -0.39 is 5.97 Å². The molecule has 31 heavy (non-hydrogen) atoms. The van der Waals surface area contributed by atoms with Crippen molar-refractivity contribution in [2.45, 2.75) is 6.42 Å². The lowest BCUT2D eigenvalue weighted by Gasteiger charge is -2.37. The summed E-state index contributed by atoms with van der Waals surface area (Å²) in [5, 5.41) is 0.624. The molecule has 7 heteroatoms. The molecule has 0 spiro atoms. The lowest BCUT2D eigenvalue weighted by atomic mass is 9.63. The molecule has 2 aromatic rings. The van der Waals surface area contributed by atoms with E-state index in [1.165, 1.54) is 17.0 Å². The largest absolute Gasteiger partial charge is 0.423 e. The first-order valence-corrected chi connectivity index (χ1v) is 11.0. The lowest BCUT2D eigenvalue weighted by molar-refractivity contribution is -0.124. The van der Waals surface area contributed by atoms with Crippen molar-refractivity contribution in [1.29, 1.82) is 0 Å². The van der Waals surface area contributed by atoms with Gasteiger partial charge >= 0.3 is 5.97 Å². The van der Waals surface area contributed by atoms with Crippen molar-refractivity contribution in [2.75, 3.05) is 4.90 Å². The fourth-order valence-electron chi connectivity index (χ4n) is 5.69. The van der Waals surface area contributed by atoms with E-state index in [4.69, 9.17) is 27.9 Å². The number of carbonyl (C=O) groups excluding carboxylic acids is 3. The number of nitrogens with zero attached hydrogens (tertiary/aromatic N) is 1. The van der Waals surface area contributed by atoms with Gasteiger partial charge in [0.05, 0.1) is 28.1 Å². The van der Waals surface area contributed by atoms with Crippen LogP contribution < -0.4 is 9.64 Å². The van der Waals surface area contributed by atoms with E-state index in [0.29, 0.717) is 28.3 Å². The summed E-state index contributed by atoms with van der Waals surface area (Å²) in [6.07, 6.45) is 5.44. The highest BCUT2D eigenvalue weighted by Crippen LogP contribution is 2.65. The van der Waals surface area contributed by atoms with Crippen molar-refractivity contribution >= 4 is 46.7 Å². The minimum Gasteiger partial charge on any atom is -0.423 e. The number of benzene rings is 2. The standard InChI is InChI=1S/C24H17Cl2NO4/c25-11-1-6-16(19(26)9-11)24(30)31-13-4-2-12(3-5-13)27-22(28)20-14-7-8-15(18-10-17(14)18)21(20)23(27)29/h1-9,14-15,17-18,20-21H,10H2/t14-,15-,17-,18-,20+,21+/m1/s1. The summed E-state index contributed by atoms with van der Waals surface area (Å²) in [7, 11) is 0. The van der Waals surface area contributed by atoms with Gasteiger partial charge < -0.3 is 4.74 Å². The number of amides is 2. The molecule has 7 rings (SSSR count). The van der Waals surface area contributed by atoms with Gasteiger partial charge in [0.25, 0.3) is 0 Å². The van der Waals surface area contributed by atoms with Gasteiger partial charge in [-0.25, -0.2) is 4.79 Å². The Morgan fingerprint density at radius 3 is 2.10 bits per heavy atom. The van der Waals surface area contributed by atoms with E-state index >= 15 is 0 Å². The minimum atomic E-state index is -0.615. The Kier molecular flexibility index (Phi) is 4.11. The van der Waals surface area contributed by atoms with E-state index in [0.717, 1.165) is 6.42 Å². The second-order valence-electron chi connectivity index (χ2n) is 8.67. The molecule has 2 bridgehead atoms. The summed E-state index contributed by atoms with van der Waals surface area (Å²) in [5.74, 6) is 0.469. The van der Waals surface area contributed by atoms with Crippen LogP contribution in [0.15, 0.2) is 54.6 Å². The molecule has 2 aromatic carbocycles. The van der Waals surface area contributed by atoms with E-state index in [1.807, 2.05) is 0 Å². The first-order valence-electron chi connectivity index (χ1n) is 10.3. The number of hydrogen-bond acceptors (Lipinski definition) is 4. The van der Waals surface area contributed by atoms with Crippen molar-refractivity contribution in [2.24, 2.45) is 35.5 Å². The Morgan fingerprint density at radius 2 is 1.52 bits per heavy atom. The number of allylic oxidation sites excluding steroid dienone is 2. The third-order valence-electron chi connectivity index (χ3n) is 7.12. The zero-order valence-electron chi connectivity index (χ0n) is 16.2. The topological polar surface area (TPSA) is 63.7 Å². The maximum Gasteiger partial charge on any atom is 0.345 e. The van der Waals surface area contributed by atoms with Crippen molar-refractivity contribution in [3.8, 4) is 5.75 Å². The van der Waals surface area contributed by atoms with Gasteiger partial charge in [-0.05, 0) is 72.6 Å². The number of carbonyl (C=O) groups is 3. The molecule has 1 saturated heterocycles. The lowest BCUT2D eigenvalue weighted by Crippen LogP contribution is -2.40. The van der Waals surface area contributed by atoms with Gasteiger partial charge in [0.15, 0.2) is 0 Å². The highest BCUT2D eigenvalue weighted by Gasteiger charge is 2.67. The van der Waals surface area contributed by atoms with Gasteiger partial charge in [0, 0.05) is 5.02 Å². The maximum absolute atomic E-state index is 13.2. The predicted octanol–water partition coefficient (Wildman–Crippen LogP) is 4.77. The number of anilines is 1. The quantitative estimate of drug-likeness (QED) is 0.290. The summed E-state index contributed by atoms with van der Waals surface area (Å²) in [4.78, 5) is 40.1. The Balaban J connectivity index is 1.22. The number of imide groups is 1. The van der Waals surface area contributed by atoms with E-state index in [-0.39, 0.29) is 46.1 Å². The summed E-state index contributed by atoms with van der Waals surface area (Å²) in [6, 6.07) is 10.9. The second-order valence-corrected chi connectivity index (χ2v) is 9.52. The molecule has 0 aromatic heterocycles. The van der Waals surface area contributed by atoms with Crippen LogP contribution in [0, 0.1) is 35.5 Å². The van der Waals surface area contributed by atoms with Crippen LogP contribution in [0.3, 0.4) is 0 Å². The summed E-state index contributed by atoms with van der Waals surface area (Å²) in [6.45, 7) is 0. The zero-order valence-corrected chi connectivity index (χ0v) is 17.7. The Bertz CT molecular complexity index is 1140. The van der Waals surface area contributed by atoms with E-state index in [9.17, 15) is 14.4 Å². The number of ether oxygens (including phenoxy) is 1. The summed E-state index contributed by atoms with van der Waals surface area (Å²) in [5.41, 5.74) is 0.701. The molecule has 1 heterocycles. The van der Waals surface area contributed by atoms with Gasteiger partial charge in [-0.1, -0.05) is 35.4 Å². The monoisotopic (exact) mass is 453 g/mol. The molecule has 1 aliphatic heterocycles. The minimum absolute atomic E-state index is 0.114. The predicted molar refractivity (Wildman–Crippen MR) is 115 cm³/mol. The molecule has 6 atom stereocenters. The van der Waals surface area contributed by atoms with Crippen molar-refractivity contribution < 1.29 is 19.1 Å². The van der Waals surface area contributed by atoms with Gasteiger partial charge in [-0.15, -0.1) is 0 Å². The molecule has 5 nitrogen and oxygen atoms in total. The van der Waals surface area contributed by atoms with Gasteiger partial charge in [-0.2, -0.15) is 0 Å². The molecular weight excluding hydrogens is 437 g/mol. The number of halogens is 2. The zero-order chi connectivity index (χ0) is 21.4. The molecule has 2 amide bonds. The van der Waals surface area contributed by atoms with Crippen LogP contribution in [-0.4, -0.2) is 17.8 Å². The second kappa shape index (κ2) is 6.68. The first kappa shape index (κ1) is 19.1. The van der Waals surface area contributed by atoms with Crippen molar-refractivity contribution in [1.82, 2.24) is 0 Å². The van der Waals surface area contributed by atoms with Crippen LogP contribution in [0.5, 0.6) is 5.75 Å². The average Bonchev–Trinajstić information content (AvgIpc) is 3.52. The van der Waals surface area contributed by atoms with E-state index in [2.05, 4.69) is 12.2 Å². The number of hydrogen-bond donors (Lipinski definition) is 0. The highest BCUT2D eigenvalue weighted by atomic mass is 35.5.